The highest BCUT2D eigenvalue weighted by Crippen LogP contribution is 2.29. The molecule has 0 saturated heterocycles. The van der Waals surface area contributed by atoms with Crippen molar-refractivity contribution < 1.29 is 4.39 Å². The molecule has 0 aliphatic rings. The second-order valence-corrected chi connectivity index (χ2v) is 4.77. The van der Waals surface area contributed by atoms with Gasteiger partial charge in [0.15, 0.2) is 0 Å². The van der Waals surface area contributed by atoms with E-state index >= 15 is 0 Å². The highest BCUT2D eigenvalue weighted by atomic mass is 19.1. The van der Waals surface area contributed by atoms with Crippen LogP contribution < -0.4 is 5.73 Å². The smallest absolute Gasteiger partial charge is 0.131 e. The number of hydrogen-bond acceptors (Lipinski definition) is 1. The second-order valence-electron chi connectivity index (χ2n) is 4.77. The van der Waals surface area contributed by atoms with E-state index in [4.69, 9.17) is 5.73 Å². The number of rotatable bonds is 2. The van der Waals surface area contributed by atoms with Gasteiger partial charge in [0.1, 0.15) is 5.82 Å². The quantitative estimate of drug-likeness (QED) is 0.851. The van der Waals surface area contributed by atoms with Gasteiger partial charge >= 0.3 is 0 Å². The summed E-state index contributed by atoms with van der Waals surface area (Å²) in [4.78, 5) is 0. The fourth-order valence-corrected chi connectivity index (χ4v) is 2.16. The number of benzene rings is 2. The first-order chi connectivity index (χ1) is 8.52. The van der Waals surface area contributed by atoms with Crippen LogP contribution in [0.5, 0.6) is 0 Å². The Hall–Kier alpha value is -1.67. The summed E-state index contributed by atoms with van der Waals surface area (Å²) in [5.74, 6) is -0.196. The van der Waals surface area contributed by atoms with Crippen LogP contribution in [0.25, 0.3) is 11.1 Å². The summed E-state index contributed by atoms with van der Waals surface area (Å²) in [5.41, 5.74) is 11.6. The van der Waals surface area contributed by atoms with Gasteiger partial charge in [-0.05, 0) is 60.7 Å². The Labute approximate surface area is 107 Å². The van der Waals surface area contributed by atoms with E-state index in [1.807, 2.05) is 26.0 Å². The molecule has 0 heterocycles. The SMILES string of the molecule is Cc1cc(C)c(-c2cc(CN)ccc2F)cc1C. The molecule has 0 spiro atoms. The first-order valence-electron chi connectivity index (χ1n) is 6.09. The molecule has 0 radical (unpaired) electrons. The standard InChI is InChI=1S/C16H18FN/c1-10-6-12(3)14(7-11(10)2)15-8-13(9-18)4-5-16(15)17/h4-8H,9,18H2,1-3H3. The number of halogens is 1. The summed E-state index contributed by atoms with van der Waals surface area (Å²) in [5, 5.41) is 0. The molecule has 1 nitrogen and oxygen atoms in total. The summed E-state index contributed by atoms with van der Waals surface area (Å²) < 4.78 is 14.0. The van der Waals surface area contributed by atoms with Crippen LogP contribution in [-0.4, -0.2) is 0 Å². The molecule has 0 atom stereocenters. The predicted molar refractivity (Wildman–Crippen MR) is 73.9 cm³/mol. The van der Waals surface area contributed by atoms with Crippen molar-refractivity contribution in [3.63, 3.8) is 0 Å². The summed E-state index contributed by atoms with van der Waals surface area (Å²) in [6.07, 6.45) is 0. The molecule has 0 aliphatic heterocycles. The van der Waals surface area contributed by atoms with Crippen LogP contribution in [-0.2, 0) is 6.54 Å². The Morgan fingerprint density at radius 2 is 1.56 bits per heavy atom. The maximum Gasteiger partial charge on any atom is 0.131 e. The van der Waals surface area contributed by atoms with Crippen molar-refractivity contribution in [1.29, 1.82) is 0 Å². The van der Waals surface area contributed by atoms with Crippen LogP contribution in [0, 0.1) is 26.6 Å². The molecule has 0 bridgehead atoms. The van der Waals surface area contributed by atoms with E-state index in [0.29, 0.717) is 12.1 Å². The number of aryl methyl sites for hydroxylation is 3. The van der Waals surface area contributed by atoms with E-state index in [9.17, 15) is 4.39 Å². The third kappa shape index (κ3) is 2.29. The van der Waals surface area contributed by atoms with Crippen molar-refractivity contribution >= 4 is 0 Å². The normalized spacial score (nSPS) is 10.7. The zero-order valence-corrected chi connectivity index (χ0v) is 11.0. The average molecular weight is 243 g/mol. The molecule has 18 heavy (non-hydrogen) atoms. The van der Waals surface area contributed by atoms with Gasteiger partial charge in [0.25, 0.3) is 0 Å². The third-order valence-corrected chi connectivity index (χ3v) is 3.40. The molecule has 94 valence electrons. The van der Waals surface area contributed by atoms with E-state index in [0.717, 1.165) is 16.7 Å². The summed E-state index contributed by atoms with van der Waals surface area (Å²) in [6.45, 7) is 6.55. The van der Waals surface area contributed by atoms with Gasteiger partial charge in [0.05, 0.1) is 0 Å². The largest absolute Gasteiger partial charge is 0.326 e. The van der Waals surface area contributed by atoms with Crippen molar-refractivity contribution in [1.82, 2.24) is 0 Å². The number of nitrogens with two attached hydrogens (primary N) is 1. The van der Waals surface area contributed by atoms with Crippen LogP contribution in [0.15, 0.2) is 30.3 Å². The van der Waals surface area contributed by atoms with Crippen LogP contribution in [0.3, 0.4) is 0 Å². The molecule has 0 unspecified atom stereocenters. The van der Waals surface area contributed by atoms with Gasteiger partial charge in [-0.3, -0.25) is 0 Å². The molecule has 0 fully saturated rings. The first-order valence-corrected chi connectivity index (χ1v) is 6.09. The van der Waals surface area contributed by atoms with Crippen molar-refractivity contribution in [2.75, 3.05) is 0 Å². The maximum atomic E-state index is 14.0. The topological polar surface area (TPSA) is 26.0 Å². The van der Waals surface area contributed by atoms with Crippen molar-refractivity contribution in [2.24, 2.45) is 5.73 Å². The molecular formula is C16H18FN. The minimum atomic E-state index is -0.196. The lowest BCUT2D eigenvalue weighted by atomic mass is 9.94. The van der Waals surface area contributed by atoms with Gasteiger partial charge in [0, 0.05) is 12.1 Å². The molecule has 2 aromatic carbocycles. The minimum Gasteiger partial charge on any atom is -0.326 e. The molecule has 0 aliphatic carbocycles. The Bertz CT molecular complexity index is 588. The Balaban J connectivity index is 2.64. The average Bonchev–Trinajstić information content (AvgIpc) is 2.35. The second kappa shape index (κ2) is 4.91. The highest BCUT2D eigenvalue weighted by molar-refractivity contribution is 5.70. The molecule has 0 amide bonds. The lowest BCUT2D eigenvalue weighted by Crippen LogP contribution is -1.98. The van der Waals surface area contributed by atoms with Gasteiger partial charge < -0.3 is 5.73 Å². The molecule has 2 N–H and O–H groups in total. The maximum absolute atomic E-state index is 14.0. The van der Waals surface area contributed by atoms with Crippen LogP contribution in [0.1, 0.15) is 22.3 Å². The fourth-order valence-electron chi connectivity index (χ4n) is 2.16. The van der Waals surface area contributed by atoms with Gasteiger partial charge in [-0.1, -0.05) is 18.2 Å². The molecule has 0 aromatic heterocycles. The van der Waals surface area contributed by atoms with E-state index in [1.54, 1.807) is 6.07 Å². The van der Waals surface area contributed by atoms with Crippen molar-refractivity contribution in [3.8, 4) is 11.1 Å². The van der Waals surface area contributed by atoms with Crippen LogP contribution in [0.4, 0.5) is 4.39 Å². The van der Waals surface area contributed by atoms with Gasteiger partial charge in [-0.15, -0.1) is 0 Å². The lowest BCUT2D eigenvalue weighted by molar-refractivity contribution is 0.630. The van der Waals surface area contributed by atoms with E-state index in [-0.39, 0.29) is 5.82 Å². The zero-order valence-electron chi connectivity index (χ0n) is 11.0. The fraction of sp³-hybridized carbons (Fsp3) is 0.250. The lowest BCUT2D eigenvalue weighted by Gasteiger charge is -2.12. The van der Waals surface area contributed by atoms with E-state index in [1.165, 1.54) is 17.2 Å². The van der Waals surface area contributed by atoms with Gasteiger partial charge in [-0.25, -0.2) is 4.39 Å². The third-order valence-electron chi connectivity index (χ3n) is 3.40. The molecule has 2 aromatic rings. The molecule has 2 heteroatoms. The molecular weight excluding hydrogens is 225 g/mol. The highest BCUT2D eigenvalue weighted by Gasteiger charge is 2.10. The summed E-state index contributed by atoms with van der Waals surface area (Å²) >= 11 is 0. The van der Waals surface area contributed by atoms with E-state index in [2.05, 4.69) is 13.0 Å². The van der Waals surface area contributed by atoms with Gasteiger partial charge in [-0.2, -0.15) is 0 Å². The predicted octanol–water partition coefficient (Wildman–Crippen LogP) is 3.88. The monoisotopic (exact) mass is 243 g/mol. The van der Waals surface area contributed by atoms with Gasteiger partial charge in [0.2, 0.25) is 0 Å². The first kappa shape index (κ1) is 12.8. The van der Waals surface area contributed by atoms with Crippen molar-refractivity contribution in [3.05, 3.63) is 58.4 Å². The number of hydrogen-bond donors (Lipinski definition) is 1. The summed E-state index contributed by atoms with van der Waals surface area (Å²) in [6, 6.07) is 9.20. The van der Waals surface area contributed by atoms with Crippen LogP contribution in [0.2, 0.25) is 0 Å². The van der Waals surface area contributed by atoms with Crippen molar-refractivity contribution in [2.45, 2.75) is 27.3 Å². The Morgan fingerprint density at radius 3 is 2.22 bits per heavy atom. The Morgan fingerprint density at radius 1 is 0.889 bits per heavy atom. The summed E-state index contributed by atoms with van der Waals surface area (Å²) in [7, 11) is 0. The Kier molecular flexibility index (Phi) is 3.48. The zero-order chi connectivity index (χ0) is 13.3. The molecule has 2 rings (SSSR count). The minimum absolute atomic E-state index is 0.196. The van der Waals surface area contributed by atoms with E-state index < -0.39 is 0 Å². The van der Waals surface area contributed by atoms with Crippen LogP contribution >= 0.6 is 0 Å². The molecule has 0 saturated carbocycles.